The number of aryl methyl sites for hydroxylation is 1. The summed E-state index contributed by atoms with van der Waals surface area (Å²) in [6, 6.07) is 10.9. The second-order valence-corrected chi connectivity index (χ2v) is 6.46. The minimum absolute atomic E-state index is 0. The number of halogens is 1. The maximum atomic E-state index is 13.6. The summed E-state index contributed by atoms with van der Waals surface area (Å²) in [7, 11) is -3.89. The molecule has 0 amide bonds. The van der Waals surface area contributed by atoms with E-state index < -0.39 is 16.2 Å². The van der Waals surface area contributed by atoms with E-state index in [2.05, 4.69) is 0 Å². The lowest BCUT2D eigenvalue weighted by Crippen LogP contribution is -2.10. The van der Waals surface area contributed by atoms with Crippen LogP contribution in [0.4, 0.5) is 4.39 Å². The summed E-state index contributed by atoms with van der Waals surface area (Å²) in [6.45, 7) is 1.87. The van der Waals surface area contributed by atoms with Crippen molar-refractivity contribution >= 4 is 16.2 Å². The summed E-state index contributed by atoms with van der Waals surface area (Å²) in [5.74, 6) is -0.386. The highest BCUT2D eigenvalue weighted by Gasteiger charge is 2.26. The number of benzene rings is 2. The van der Waals surface area contributed by atoms with Crippen LogP contribution in [-0.4, -0.2) is 13.9 Å². The van der Waals surface area contributed by atoms with Gasteiger partial charge in [-0.3, -0.25) is 4.18 Å². The van der Waals surface area contributed by atoms with Gasteiger partial charge in [0.05, 0.1) is 4.90 Å². The van der Waals surface area contributed by atoms with Crippen molar-refractivity contribution in [1.29, 1.82) is 0 Å². The third kappa shape index (κ3) is 2.94. The highest BCUT2D eigenvalue weighted by molar-refractivity contribution is 7.86. The normalized spacial score (nSPS) is 16.2. The van der Waals surface area contributed by atoms with Crippen LogP contribution in [0.3, 0.4) is 0 Å². The summed E-state index contributed by atoms with van der Waals surface area (Å²) < 4.78 is 43.3. The maximum Gasteiger partial charge on any atom is 0.297 e. The molecule has 22 heavy (non-hydrogen) atoms. The van der Waals surface area contributed by atoms with Crippen LogP contribution in [0.5, 0.6) is 0 Å². The van der Waals surface area contributed by atoms with E-state index in [1.165, 1.54) is 24.3 Å². The molecule has 0 saturated carbocycles. The quantitative estimate of drug-likeness (QED) is 0.815. The molecule has 1 atom stereocenters. The summed E-state index contributed by atoms with van der Waals surface area (Å²) >= 11 is 0. The molecule has 0 heterocycles. The van der Waals surface area contributed by atoms with Crippen molar-refractivity contribution in [1.82, 2.24) is 0 Å². The van der Waals surface area contributed by atoms with E-state index in [9.17, 15) is 12.8 Å². The van der Waals surface area contributed by atoms with E-state index in [-0.39, 0.29) is 16.2 Å². The summed E-state index contributed by atoms with van der Waals surface area (Å²) in [5.41, 5.74) is 1.86. The lowest BCUT2D eigenvalue weighted by molar-refractivity contribution is 0.264. The molecule has 1 aliphatic carbocycles. The molecule has 6 heteroatoms. The second kappa shape index (κ2) is 6.00. The average Bonchev–Trinajstić information content (AvgIpc) is 2.83. The molecule has 0 aromatic heterocycles. The second-order valence-electron chi connectivity index (χ2n) is 4.89. The smallest absolute Gasteiger partial charge is 0.297 e. The zero-order chi connectivity index (χ0) is 15.0. The van der Waals surface area contributed by atoms with Gasteiger partial charge in [0.25, 0.3) is 10.1 Å². The topological polar surface area (TPSA) is 74.9 Å². The van der Waals surface area contributed by atoms with Crippen LogP contribution < -0.4 is 0 Å². The Kier molecular flexibility index (Phi) is 4.46. The molecular formula is C16H15FO4S. The Balaban J connectivity index is 0.00000176. The van der Waals surface area contributed by atoms with Crippen LogP contribution in [0.15, 0.2) is 53.4 Å². The fourth-order valence-electron chi connectivity index (χ4n) is 2.25. The Morgan fingerprint density at radius 1 is 1.09 bits per heavy atom. The van der Waals surface area contributed by atoms with E-state index in [4.69, 9.17) is 4.18 Å². The summed E-state index contributed by atoms with van der Waals surface area (Å²) in [6.07, 6.45) is 2.29. The van der Waals surface area contributed by atoms with Crippen molar-refractivity contribution in [2.45, 2.75) is 17.9 Å². The van der Waals surface area contributed by atoms with Crippen molar-refractivity contribution in [2.24, 2.45) is 0 Å². The average molecular weight is 322 g/mol. The number of hydrogen-bond acceptors (Lipinski definition) is 3. The molecule has 4 nitrogen and oxygen atoms in total. The van der Waals surface area contributed by atoms with Crippen LogP contribution in [-0.2, 0) is 14.3 Å². The fourth-order valence-corrected chi connectivity index (χ4v) is 3.27. The zero-order valence-electron chi connectivity index (χ0n) is 11.8. The van der Waals surface area contributed by atoms with Crippen LogP contribution >= 0.6 is 0 Å². The molecule has 0 aliphatic heterocycles. The molecule has 0 saturated heterocycles. The molecule has 0 fully saturated rings. The van der Waals surface area contributed by atoms with E-state index in [0.29, 0.717) is 11.1 Å². The van der Waals surface area contributed by atoms with Gasteiger partial charge in [0.15, 0.2) is 0 Å². The summed E-state index contributed by atoms with van der Waals surface area (Å²) in [4.78, 5) is 0.0892. The molecule has 116 valence electrons. The first-order chi connectivity index (χ1) is 9.97. The van der Waals surface area contributed by atoms with E-state index >= 15 is 0 Å². The molecule has 2 aromatic rings. The Bertz CT molecular complexity index is 811. The van der Waals surface area contributed by atoms with Gasteiger partial charge in [-0.25, -0.2) is 4.39 Å². The predicted molar refractivity (Wildman–Crippen MR) is 81.2 cm³/mol. The highest BCUT2D eigenvalue weighted by Crippen LogP contribution is 2.34. The fraction of sp³-hybridized carbons (Fsp3) is 0.125. The minimum atomic E-state index is -3.89. The lowest BCUT2D eigenvalue weighted by atomic mass is 10.1. The van der Waals surface area contributed by atoms with Gasteiger partial charge in [0, 0.05) is 5.56 Å². The first-order valence-corrected chi connectivity index (χ1v) is 7.85. The Morgan fingerprint density at radius 3 is 2.45 bits per heavy atom. The van der Waals surface area contributed by atoms with Crippen LogP contribution in [0.2, 0.25) is 0 Å². The van der Waals surface area contributed by atoms with Crippen molar-refractivity contribution in [3.8, 4) is 0 Å². The highest BCUT2D eigenvalue weighted by atomic mass is 32.2. The van der Waals surface area contributed by atoms with Crippen molar-refractivity contribution < 1.29 is 22.5 Å². The van der Waals surface area contributed by atoms with Crippen molar-refractivity contribution in [3.05, 3.63) is 71.0 Å². The first-order valence-electron chi connectivity index (χ1n) is 6.44. The number of fused-ring (bicyclic) bond motifs is 1. The van der Waals surface area contributed by atoms with Crippen LogP contribution in [0.25, 0.3) is 6.08 Å². The summed E-state index contributed by atoms with van der Waals surface area (Å²) in [5, 5.41) is 0. The van der Waals surface area contributed by atoms with Crippen LogP contribution in [0.1, 0.15) is 22.8 Å². The third-order valence-corrected chi connectivity index (χ3v) is 4.68. The molecule has 0 radical (unpaired) electrons. The first kappa shape index (κ1) is 16.4. The Hall–Kier alpha value is -2.02. The maximum absolute atomic E-state index is 13.6. The van der Waals surface area contributed by atoms with Crippen molar-refractivity contribution in [2.75, 3.05) is 0 Å². The van der Waals surface area contributed by atoms with Crippen LogP contribution in [0, 0.1) is 12.7 Å². The predicted octanol–water partition coefficient (Wildman–Crippen LogP) is 2.78. The van der Waals surface area contributed by atoms with Crippen molar-refractivity contribution in [3.63, 3.8) is 0 Å². The van der Waals surface area contributed by atoms with Gasteiger partial charge in [-0.15, -0.1) is 0 Å². The molecule has 3 rings (SSSR count). The molecule has 0 bridgehead atoms. The lowest BCUT2D eigenvalue weighted by Gasteiger charge is -2.13. The van der Waals surface area contributed by atoms with E-state index in [0.717, 1.165) is 5.56 Å². The van der Waals surface area contributed by atoms with Gasteiger partial charge in [-0.2, -0.15) is 8.42 Å². The molecule has 1 aliphatic rings. The largest absolute Gasteiger partial charge is 0.412 e. The zero-order valence-corrected chi connectivity index (χ0v) is 12.6. The Labute approximate surface area is 128 Å². The van der Waals surface area contributed by atoms with Gasteiger partial charge >= 0.3 is 0 Å². The van der Waals surface area contributed by atoms with Gasteiger partial charge in [-0.05, 0) is 36.8 Å². The van der Waals surface area contributed by atoms with E-state index in [1.807, 2.05) is 6.92 Å². The number of hydrogen-bond donors (Lipinski definition) is 0. The number of rotatable bonds is 3. The molecule has 0 spiro atoms. The molecule has 2 aromatic carbocycles. The Morgan fingerprint density at radius 2 is 1.77 bits per heavy atom. The molecule has 2 N–H and O–H groups in total. The molecular weight excluding hydrogens is 307 g/mol. The standard InChI is InChI=1S/C16H13FO3S.H2O/c1-11-5-7-12(8-6-11)21(18,19)20-16-10-9-13-14(16)3-2-4-15(13)17;/h2-10,16H,1H3;1H2. The van der Waals surface area contributed by atoms with E-state index in [1.54, 1.807) is 30.4 Å². The third-order valence-electron chi connectivity index (χ3n) is 3.37. The minimum Gasteiger partial charge on any atom is -0.412 e. The molecule has 1 unspecified atom stereocenters. The van der Waals surface area contributed by atoms with Gasteiger partial charge in [-0.1, -0.05) is 35.9 Å². The van der Waals surface area contributed by atoms with Gasteiger partial charge < -0.3 is 5.48 Å². The SMILES string of the molecule is Cc1ccc(S(=O)(=O)OC2C=Cc3c(F)cccc32)cc1.O. The van der Waals surface area contributed by atoms with Gasteiger partial charge in [0.2, 0.25) is 0 Å². The van der Waals surface area contributed by atoms with Gasteiger partial charge in [0.1, 0.15) is 11.9 Å². The monoisotopic (exact) mass is 322 g/mol.